The number of rotatable bonds is 7. The molecule has 0 bridgehead atoms. The van der Waals surface area contributed by atoms with E-state index in [4.69, 9.17) is 9.72 Å². The number of hydrogen-bond acceptors (Lipinski definition) is 8. The number of nitrogens with zero attached hydrogens (tertiary/aromatic N) is 7. The van der Waals surface area contributed by atoms with Crippen molar-refractivity contribution in [1.29, 1.82) is 0 Å². The molecule has 36 heavy (non-hydrogen) atoms. The summed E-state index contributed by atoms with van der Waals surface area (Å²) in [4.78, 5) is 26.5. The van der Waals surface area contributed by atoms with Gasteiger partial charge in [-0.3, -0.25) is 15.1 Å². The lowest BCUT2D eigenvalue weighted by atomic mass is 10.1. The van der Waals surface area contributed by atoms with Gasteiger partial charge in [-0.2, -0.15) is 5.10 Å². The van der Waals surface area contributed by atoms with E-state index in [1.54, 1.807) is 18.6 Å². The van der Waals surface area contributed by atoms with Crippen LogP contribution in [0.15, 0.2) is 43.0 Å². The van der Waals surface area contributed by atoms with Crippen LogP contribution >= 0.6 is 0 Å². The van der Waals surface area contributed by atoms with Gasteiger partial charge in [0.2, 0.25) is 0 Å². The Labute approximate surface area is 208 Å². The van der Waals surface area contributed by atoms with Crippen molar-refractivity contribution in [1.82, 2.24) is 40.0 Å². The predicted octanol–water partition coefficient (Wildman–Crippen LogP) is 3.89. The second-order valence-corrected chi connectivity index (χ2v) is 9.41. The number of imidazole rings is 1. The van der Waals surface area contributed by atoms with Gasteiger partial charge in [-0.1, -0.05) is 0 Å². The van der Waals surface area contributed by atoms with Gasteiger partial charge in [-0.25, -0.2) is 9.97 Å². The summed E-state index contributed by atoms with van der Waals surface area (Å²) < 4.78 is 5.86. The van der Waals surface area contributed by atoms with Crippen molar-refractivity contribution in [2.75, 3.05) is 45.2 Å². The number of H-pyrrole nitrogens is 2. The molecule has 0 aliphatic carbocycles. The average Bonchev–Trinajstić information content (AvgIpc) is 3.53. The molecule has 5 aromatic heterocycles. The Morgan fingerprint density at radius 2 is 1.92 bits per heavy atom. The molecule has 1 fully saturated rings. The Hall–Kier alpha value is -4.05. The molecule has 10 nitrogen and oxygen atoms in total. The predicted molar refractivity (Wildman–Crippen MR) is 140 cm³/mol. The second kappa shape index (κ2) is 9.54. The molecule has 5 aromatic rings. The monoisotopic (exact) mass is 483 g/mol. The topological polar surface area (TPSA) is 112 Å². The summed E-state index contributed by atoms with van der Waals surface area (Å²) in [6.45, 7) is 3.46. The minimum Gasteiger partial charge on any atom is -0.491 e. The highest BCUT2D eigenvalue weighted by molar-refractivity contribution is 5.96. The van der Waals surface area contributed by atoms with Gasteiger partial charge in [0.15, 0.2) is 11.6 Å². The van der Waals surface area contributed by atoms with Crippen molar-refractivity contribution in [2.24, 2.45) is 0 Å². The number of ether oxygens (including phenoxy) is 1. The van der Waals surface area contributed by atoms with E-state index in [2.05, 4.69) is 39.9 Å². The number of hydrogen-bond donors (Lipinski definition) is 2. The highest BCUT2D eigenvalue weighted by Crippen LogP contribution is 2.32. The minimum atomic E-state index is 0.594. The maximum Gasteiger partial charge on any atom is 0.159 e. The Bertz CT molecular complexity index is 1500. The third kappa shape index (κ3) is 4.35. The average molecular weight is 484 g/mol. The number of aromatic amines is 2. The van der Waals surface area contributed by atoms with E-state index in [0.717, 1.165) is 70.1 Å². The lowest BCUT2D eigenvalue weighted by molar-refractivity contribution is 0.261. The molecule has 1 aliphatic rings. The lowest BCUT2D eigenvalue weighted by Crippen LogP contribution is -2.30. The van der Waals surface area contributed by atoms with Crippen LogP contribution in [0.4, 0.5) is 5.82 Å². The number of fused-ring (bicyclic) bond motifs is 2. The van der Waals surface area contributed by atoms with Crippen LogP contribution in [-0.2, 0) is 0 Å². The molecule has 0 saturated carbocycles. The van der Waals surface area contributed by atoms with Crippen LogP contribution in [0.1, 0.15) is 19.3 Å². The summed E-state index contributed by atoms with van der Waals surface area (Å²) in [6, 6.07) is 5.95. The van der Waals surface area contributed by atoms with Gasteiger partial charge in [0.25, 0.3) is 0 Å². The van der Waals surface area contributed by atoms with Crippen molar-refractivity contribution in [3.05, 3.63) is 43.0 Å². The van der Waals surface area contributed by atoms with Gasteiger partial charge in [-0.05, 0) is 51.6 Å². The second-order valence-electron chi connectivity index (χ2n) is 9.41. The quantitative estimate of drug-likeness (QED) is 0.359. The standard InChI is InChI=1S/C26H29N9O/c1-34(2)10-11-36-18-12-17(14-27-15-18)21-13-19-22(16-29-21)32-33-23(19)25-30-20-6-7-28-26(24(20)31-25)35-8-4-3-5-9-35/h6-7,12-16H,3-5,8-11H2,1-2H3,(H,30,31)(H,32,33). The Balaban J connectivity index is 1.34. The number of piperidine rings is 1. The summed E-state index contributed by atoms with van der Waals surface area (Å²) in [5.74, 6) is 2.37. The van der Waals surface area contributed by atoms with Crippen molar-refractivity contribution >= 4 is 27.8 Å². The Kier molecular flexibility index (Phi) is 5.94. The zero-order valence-electron chi connectivity index (χ0n) is 20.5. The molecule has 10 heteroatoms. The molecular formula is C26H29N9O. The SMILES string of the molecule is CN(C)CCOc1cncc(-c2cc3c(-c4nc5c(N6CCCCC6)nccc5[nH]4)n[nH]c3cn2)c1. The first-order valence-electron chi connectivity index (χ1n) is 12.3. The highest BCUT2D eigenvalue weighted by Gasteiger charge is 2.20. The van der Waals surface area contributed by atoms with Crippen molar-refractivity contribution in [2.45, 2.75) is 19.3 Å². The van der Waals surface area contributed by atoms with E-state index in [0.29, 0.717) is 12.4 Å². The molecule has 1 aliphatic heterocycles. The Morgan fingerprint density at radius 3 is 2.78 bits per heavy atom. The first-order chi connectivity index (χ1) is 17.7. The van der Waals surface area contributed by atoms with Gasteiger partial charge in [0.1, 0.15) is 23.6 Å². The maximum atomic E-state index is 5.86. The summed E-state index contributed by atoms with van der Waals surface area (Å²) in [6.07, 6.45) is 10.8. The minimum absolute atomic E-state index is 0.594. The van der Waals surface area contributed by atoms with Crippen LogP contribution in [0, 0.1) is 0 Å². The number of aromatic nitrogens is 7. The molecule has 6 rings (SSSR count). The van der Waals surface area contributed by atoms with Gasteiger partial charge < -0.3 is 19.5 Å². The molecule has 0 aromatic carbocycles. The zero-order chi connectivity index (χ0) is 24.5. The van der Waals surface area contributed by atoms with Crippen LogP contribution in [0.25, 0.3) is 44.7 Å². The van der Waals surface area contributed by atoms with E-state index in [9.17, 15) is 0 Å². The van der Waals surface area contributed by atoms with Gasteiger partial charge in [0.05, 0.1) is 29.1 Å². The summed E-state index contributed by atoms with van der Waals surface area (Å²) in [5.41, 5.74) is 5.11. The third-order valence-electron chi connectivity index (χ3n) is 6.52. The molecule has 0 spiro atoms. The van der Waals surface area contributed by atoms with Crippen molar-refractivity contribution in [3.63, 3.8) is 0 Å². The lowest BCUT2D eigenvalue weighted by Gasteiger charge is -2.27. The summed E-state index contributed by atoms with van der Waals surface area (Å²) in [5, 5.41) is 8.60. The molecule has 0 atom stereocenters. The zero-order valence-corrected chi connectivity index (χ0v) is 20.5. The van der Waals surface area contributed by atoms with Gasteiger partial charge >= 0.3 is 0 Å². The molecule has 6 heterocycles. The maximum absolute atomic E-state index is 5.86. The van der Waals surface area contributed by atoms with E-state index < -0.39 is 0 Å². The van der Waals surface area contributed by atoms with Gasteiger partial charge in [-0.15, -0.1) is 0 Å². The van der Waals surface area contributed by atoms with Crippen LogP contribution in [-0.4, -0.2) is 80.4 Å². The summed E-state index contributed by atoms with van der Waals surface area (Å²) in [7, 11) is 4.04. The van der Waals surface area contributed by atoms with E-state index in [-0.39, 0.29) is 0 Å². The number of pyridine rings is 3. The smallest absolute Gasteiger partial charge is 0.159 e. The molecule has 0 radical (unpaired) electrons. The van der Waals surface area contributed by atoms with Crippen LogP contribution in [0.3, 0.4) is 0 Å². The van der Waals surface area contributed by atoms with E-state index >= 15 is 0 Å². The fourth-order valence-corrected chi connectivity index (χ4v) is 4.61. The molecule has 0 amide bonds. The third-order valence-corrected chi connectivity index (χ3v) is 6.52. The number of anilines is 1. The first-order valence-corrected chi connectivity index (χ1v) is 12.3. The van der Waals surface area contributed by atoms with Gasteiger partial charge in [0, 0.05) is 43.0 Å². The van der Waals surface area contributed by atoms with Crippen molar-refractivity contribution in [3.8, 4) is 28.5 Å². The molecule has 0 unspecified atom stereocenters. The molecule has 1 saturated heterocycles. The van der Waals surface area contributed by atoms with Crippen LogP contribution in [0.2, 0.25) is 0 Å². The fourth-order valence-electron chi connectivity index (χ4n) is 4.61. The van der Waals surface area contributed by atoms with Crippen LogP contribution in [0.5, 0.6) is 5.75 Å². The Morgan fingerprint density at radius 1 is 1.03 bits per heavy atom. The fraction of sp³-hybridized carbons (Fsp3) is 0.346. The van der Waals surface area contributed by atoms with Crippen molar-refractivity contribution < 1.29 is 4.74 Å². The highest BCUT2D eigenvalue weighted by atomic mass is 16.5. The van der Waals surface area contributed by atoms with Crippen LogP contribution < -0.4 is 9.64 Å². The van der Waals surface area contributed by atoms with E-state index in [1.807, 2.05) is 38.5 Å². The number of likely N-dealkylation sites (N-methyl/N-ethyl adjacent to an activating group) is 1. The first kappa shape index (κ1) is 22.4. The summed E-state index contributed by atoms with van der Waals surface area (Å²) >= 11 is 0. The largest absolute Gasteiger partial charge is 0.491 e. The molecular weight excluding hydrogens is 454 g/mol. The van der Waals surface area contributed by atoms with E-state index in [1.165, 1.54) is 19.3 Å². The molecule has 184 valence electrons. The normalized spacial score (nSPS) is 14.2. The molecule has 2 N–H and O–H groups in total. The number of nitrogens with one attached hydrogen (secondary N) is 2.